The van der Waals surface area contributed by atoms with E-state index in [1.54, 1.807) is 6.20 Å². The van der Waals surface area contributed by atoms with Gasteiger partial charge in [-0.1, -0.05) is 79.4 Å². The number of benzene rings is 1. The topological polar surface area (TPSA) is 68.7 Å². The van der Waals surface area contributed by atoms with Crippen molar-refractivity contribution in [1.82, 2.24) is 9.88 Å². The third-order valence-electron chi connectivity index (χ3n) is 6.86. The van der Waals surface area contributed by atoms with Crippen molar-refractivity contribution in [3.63, 3.8) is 0 Å². The van der Waals surface area contributed by atoms with Crippen molar-refractivity contribution in [2.45, 2.75) is 126 Å². The summed E-state index contributed by atoms with van der Waals surface area (Å²) in [6.45, 7) is 19.0. The van der Waals surface area contributed by atoms with E-state index in [4.69, 9.17) is 14.3 Å². The second-order valence-corrected chi connectivity index (χ2v) is 11.0. The highest BCUT2D eigenvalue weighted by molar-refractivity contribution is 5.77. The molecule has 4 rings (SSSR count). The van der Waals surface area contributed by atoms with Crippen LogP contribution in [0.25, 0.3) is 0 Å². The molecule has 2 atom stereocenters. The summed E-state index contributed by atoms with van der Waals surface area (Å²) < 4.78 is 10.9. The number of ether oxygens (including phenoxy) is 2. The molecular weight excluding hydrogens is 524 g/mol. The number of likely N-dealkylation sites (tertiary alicyclic amines) is 1. The number of fused-ring (bicyclic) bond motifs is 1. The molecule has 1 fully saturated rings. The van der Waals surface area contributed by atoms with Crippen molar-refractivity contribution < 1.29 is 19.1 Å². The lowest BCUT2D eigenvalue weighted by molar-refractivity contribution is -0.127. The fourth-order valence-electron chi connectivity index (χ4n) is 4.68. The maximum atomic E-state index is 11.7. The standard InChI is InChI=1S/C20H29NO3.C6H7N.C5H12.C3H8.C2H4O/c1-3-16(17-8-9-18-19(13-17)24-14-23-18)12-15(2)6-4-10-21-11-5-7-20(21)22;1-6-3-2-4-7-5-6;1-3-5-4-2;1-3-2;1-2-3/h8-9,13,15-16H,3-7,10-12,14H2,1-2H3;2-5H,1H3;3-5H2,1-2H3;3H2,1-2H3;2H,1H3. The second-order valence-electron chi connectivity index (χ2n) is 11.0. The van der Waals surface area contributed by atoms with E-state index in [9.17, 15) is 4.79 Å². The van der Waals surface area contributed by atoms with Crippen LogP contribution < -0.4 is 9.47 Å². The molecule has 2 unspecified atom stereocenters. The first-order valence-corrected chi connectivity index (χ1v) is 16.2. The SMILES string of the molecule is CC=O.CCC.CCC(CC(C)CCCN1CCCC1=O)c1ccc2c(c1)OCO2.CCCCC.Cc1cccnc1. The number of hydrogen-bond donors (Lipinski definition) is 0. The first-order chi connectivity index (χ1) is 20.3. The van der Waals surface area contributed by atoms with Crippen LogP contribution >= 0.6 is 0 Å². The van der Waals surface area contributed by atoms with Crippen molar-refractivity contribution in [2.75, 3.05) is 19.9 Å². The predicted octanol–water partition coefficient (Wildman–Crippen LogP) is 9.55. The predicted molar refractivity (Wildman–Crippen MR) is 176 cm³/mol. The van der Waals surface area contributed by atoms with Crippen molar-refractivity contribution in [2.24, 2.45) is 5.92 Å². The molecule has 0 N–H and O–H groups in total. The Labute approximate surface area is 257 Å². The lowest BCUT2D eigenvalue weighted by Gasteiger charge is -2.22. The Hall–Kier alpha value is -2.89. The van der Waals surface area contributed by atoms with Crippen molar-refractivity contribution in [1.29, 1.82) is 0 Å². The molecule has 6 nitrogen and oxygen atoms in total. The summed E-state index contributed by atoms with van der Waals surface area (Å²) in [5.74, 6) is 3.30. The van der Waals surface area contributed by atoms with E-state index in [0.717, 1.165) is 56.6 Å². The molecule has 1 saturated heterocycles. The fraction of sp³-hybridized carbons (Fsp3) is 0.639. The molecule has 1 aromatic carbocycles. The van der Waals surface area contributed by atoms with E-state index in [1.807, 2.05) is 36.2 Å². The molecule has 2 aromatic rings. The van der Waals surface area contributed by atoms with Crippen LogP contribution in [0, 0.1) is 12.8 Å². The lowest BCUT2D eigenvalue weighted by atomic mass is 9.85. The van der Waals surface area contributed by atoms with Gasteiger partial charge in [-0.3, -0.25) is 9.78 Å². The molecule has 0 radical (unpaired) electrons. The van der Waals surface area contributed by atoms with Crippen LogP contribution in [0.3, 0.4) is 0 Å². The summed E-state index contributed by atoms with van der Waals surface area (Å²) in [6, 6.07) is 10.3. The highest BCUT2D eigenvalue weighted by Gasteiger charge is 2.21. The summed E-state index contributed by atoms with van der Waals surface area (Å²) in [5.41, 5.74) is 2.56. The maximum Gasteiger partial charge on any atom is 0.231 e. The van der Waals surface area contributed by atoms with Crippen LogP contribution in [0.5, 0.6) is 11.5 Å². The Morgan fingerprint density at radius 1 is 1.02 bits per heavy atom. The van der Waals surface area contributed by atoms with Crippen molar-refractivity contribution in [3.05, 3.63) is 53.9 Å². The molecule has 2 aliphatic heterocycles. The number of amides is 1. The first-order valence-electron chi connectivity index (χ1n) is 16.2. The van der Waals surface area contributed by atoms with Crippen LogP contribution in [0.4, 0.5) is 0 Å². The van der Waals surface area contributed by atoms with Crippen LogP contribution in [0.2, 0.25) is 0 Å². The van der Waals surface area contributed by atoms with Crippen LogP contribution in [0.15, 0.2) is 42.7 Å². The summed E-state index contributed by atoms with van der Waals surface area (Å²) in [5, 5.41) is 0. The number of hydrogen-bond acceptors (Lipinski definition) is 5. The zero-order valence-electron chi connectivity index (χ0n) is 28.0. The zero-order chi connectivity index (χ0) is 31.6. The van der Waals surface area contributed by atoms with Crippen molar-refractivity contribution >= 4 is 12.2 Å². The molecule has 3 heterocycles. The number of unbranched alkanes of at least 4 members (excludes halogenated alkanes) is 2. The summed E-state index contributed by atoms with van der Waals surface area (Å²) in [4.78, 5) is 26.4. The smallest absolute Gasteiger partial charge is 0.231 e. The lowest BCUT2D eigenvalue weighted by Crippen LogP contribution is -2.25. The third-order valence-corrected chi connectivity index (χ3v) is 6.86. The van der Waals surface area contributed by atoms with Crippen LogP contribution in [-0.2, 0) is 9.59 Å². The fourth-order valence-corrected chi connectivity index (χ4v) is 4.68. The molecule has 0 saturated carbocycles. The number of nitrogens with zero attached hydrogens (tertiary/aromatic N) is 2. The number of pyridine rings is 1. The van der Waals surface area contributed by atoms with Gasteiger partial charge in [0, 0.05) is 31.9 Å². The maximum absolute atomic E-state index is 11.7. The highest BCUT2D eigenvalue weighted by Crippen LogP contribution is 2.37. The second kappa shape index (κ2) is 25.8. The van der Waals surface area contributed by atoms with Gasteiger partial charge in [-0.05, 0) is 87.1 Å². The van der Waals surface area contributed by atoms with Gasteiger partial charge in [-0.25, -0.2) is 0 Å². The molecule has 42 heavy (non-hydrogen) atoms. The first kappa shape index (κ1) is 39.1. The molecule has 6 heteroatoms. The van der Waals surface area contributed by atoms with Gasteiger partial charge in [-0.15, -0.1) is 0 Å². The van der Waals surface area contributed by atoms with Gasteiger partial charge < -0.3 is 19.2 Å². The zero-order valence-corrected chi connectivity index (χ0v) is 28.0. The third kappa shape index (κ3) is 17.8. The Morgan fingerprint density at radius 3 is 2.17 bits per heavy atom. The largest absolute Gasteiger partial charge is 0.454 e. The average molecular weight is 585 g/mol. The molecule has 0 spiro atoms. The Morgan fingerprint density at radius 2 is 1.69 bits per heavy atom. The van der Waals surface area contributed by atoms with E-state index >= 15 is 0 Å². The van der Waals surface area contributed by atoms with E-state index in [1.165, 1.54) is 56.6 Å². The number of aldehydes is 1. The minimum atomic E-state index is 0.335. The normalized spacial score (nSPS) is 14.0. The molecule has 1 amide bonds. The highest BCUT2D eigenvalue weighted by atomic mass is 16.7. The van der Waals surface area contributed by atoms with Gasteiger partial charge in [0.25, 0.3) is 0 Å². The number of aromatic nitrogens is 1. The Bertz CT molecular complexity index is 933. The summed E-state index contributed by atoms with van der Waals surface area (Å²) in [6.07, 6.45) is 16.1. The summed E-state index contributed by atoms with van der Waals surface area (Å²) in [7, 11) is 0. The molecule has 2 aliphatic rings. The molecule has 1 aromatic heterocycles. The van der Waals surface area contributed by atoms with E-state index < -0.39 is 0 Å². The van der Waals surface area contributed by atoms with Crippen molar-refractivity contribution in [3.8, 4) is 11.5 Å². The van der Waals surface area contributed by atoms with Crippen LogP contribution in [0.1, 0.15) is 130 Å². The van der Waals surface area contributed by atoms with Gasteiger partial charge in [0.2, 0.25) is 12.7 Å². The number of aryl methyl sites for hydroxylation is 1. The molecule has 238 valence electrons. The number of carbonyl (C=O) groups is 2. The van der Waals surface area contributed by atoms with Gasteiger partial charge >= 0.3 is 0 Å². The quantitative estimate of drug-likeness (QED) is 0.260. The molecule has 0 bridgehead atoms. The van der Waals surface area contributed by atoms with E-state index in [0.29, 0.717) is 24.5 Å². The average Bonchev–Trinajstić information content (AvgIpc) is 3.62. The Balaban J connectivity index is 0.000000761. The minimum absolute atomic E-state index is 0.335. The van der Waals surface area contributed by atoms with E-state index in [2.05, 4.69) is 58.7 Å². The molecule has 0 aliphatic carbocycles. The van der Waals surface area contributed by atoms with Gasteiger partial charge in [-0.2, -0.15) is 0 Å². The summed E-state index contributed by atoms with van der Waals surface area (Å²) >= 11 is 0. The monoisotopic (exact) mass is 584 g/mol. The van der Waals surface area contributed by atoms with Gasteiger partial charge in [0.05, 0.1) is 0 Å². The van der Waals surface area contributed by atoms with Gasteiger partial charge in [0.15, 0.2) is 11.5 Å². The van der Waals surface area contributed by atoms with Gasteiger partial charge in [0.1, 0.15) is 6.29 Å². The van der Waals surface area contributed by atoms with E-state index in [-0.39, 0.29) is 0 Å². The molecular formula is C36H60N2O4. The van der Waals surface area contributed by atoms with Crippen LogP contribution in [-0.4, -0.2) is 42.0 Å². The Kier molecular flexibility index (Phi) is 24.0. The number of carbonyl (C=O) groups excluding carboxylic acids is 2. The minimum Gasteiger partial charge on any atom is -0.454 e. The number of rotatable bonds is 10.